The first-order valence-electron chi connectivity index (χ1n) is 10.7. The van der Waals surface area contributed by atoms with Gasteiger partial charge in [-0.1, -0.05) is 11.6 Å². The van der Waals surface area contributed by atoms with Crippen molar-refractivity contribution in [2.45, 2.75) is 46.2 Å². The van der Waals surface area contributed by atoms with Crippen molar-refractivity contribution >= 4 is 35.0 Å². The standard InChI is InChI=1S/C22H28Cl2N4O4/c1-4-30-17-10-15(21(23)18(11-17)31-5-2)13-28-8-6-16(7-9-28)25-19-12-20(32-14(3)29)27-22(24)26-19/h10-12,16H,4-9,13H2,1-3H3,(H,25,26,27). The quantitative estimate of drug-likeness (QED) is 0.410. The second-order valence-corrected chi connectivity index (χ2v) is 8.13. The number of benzene rings is 1. The van der Waals surface area contributed by atoms with Gasteiger partial charge in [0.2, 0.25) is 11.2 Å². The number of carbonyl (C=O) groups excluding carboxylic acids is 1. The average molecular weight is 483 g/mol. The molecule has 8 nitrogen and oxygen atoms in total. The van der Waals surface area contributed by atoms with Gasteiger partial charge in [-0.3, -0.25) is 9.69 Å². The third-order valence-corrected chi connectivity index (χ3v) is 5.55. The van der Waals surface area contributed by atoms with Gasteiger partial charge in [-0.2, -0.15) is 4.98 Å². The molecule has 3 rings (SSSR count). The zero-order chi connectivity index (χ0) is 23.1. The third kappa shape index (κ3) is 6.85. The fourth-order valence-electron chi connectivity index (χ4n) is 3.61. The zero-order valence-electron chi connectivity index (χ0n) is 18.5. The number of hydrogen-bond donors (Lipinski definition) is 1. The Balaban J connectivity index is 1.61. The van der Waals surface area contributed by atoms with Crippen molar-refractivity contribution in [3.63, 3.8) is 0 Å². The molecule has 0 saturated carbocycles. The van der Waals surface area contributed by atoms with Crippen LogP contribution in [-0.2, 0) is 11.3 Å². The topological polar surface area (TPSA) is 85.8 Å². The Morgan fingerprint density at radius 2 is 1.84 bits per heavy atom. The second-order valence-electron chi connectivity index (χ2n) is 7.41. The van der Waals surface area contributed by atoms with Gasteiger partial charge in [0.25, 0.3) is 0 Å². The predicted molar refractivity (Wildman–Crippen MR) is 124 cm³/mol. The monoisotopic (exact) mass is 482 g/mol. The number of aromatic nitrogens is 2. The molecule has 0 radical (unpaired) electrons. The van der Waals surface area contributed by atoms with Crippen molar-refractivity contribution in [2.75, 3.05) is 31.6 Å². The van der Waals surface area contributed by atoms with Crippen molar-refractivity contribution in [3.8, 4) is 17.4 Å². The minimum Gasteiger partial charge on any atom is -0.494 e. The first kappa shape index (κ1) is 24.4. The largest absolute Gasteiger partial charge is 0.494 e. The first-order valence-corrected chi connectivity index (χ1v) is 11.4. The number of esters is 1. The summed E-state index contributed by atoms with van der Waals surface area (Å²) in [6.07, 6.45) is 1.82. The van der Waals surface area contributed by atoms with Crippen LogP contribution in [0.5, 0.6) is 17.4 Å². The predicted octanol–water partition coefficient (Wildman–Crippen LogP) is 4.58. The van der Waals surface area contributed by atoms with Gasteiger partial charge in [0.05, 0.1) is 18.2 Å². The SMILES string of the molecule is CCOc1cc(CN2CCC(Nc3cc(OC(C)=O)nc(Cl)n3)CC2)c(Cl)c(OCC)c1. The minimum absolute atomic E-state index is 0.0256. The molecular weight excluding hydrogens is 455 g/mol. The molecule has 0 atom stereocenters. The van der Waals surface area contributed by atoms with E-state index in [1.165, 1.54) is 6.92 Å². The van der Waals surface area contributed by atoms with E-state index in [2.05, 4.69) is 20.2 Å². The minimum atomic E-state index is -0.460. The summed E-state index contributed by atoms with van der Waals surface area (Å²) in [4.78, 5) is 21.6. The maximum absolute atomic E-state index is 11.2. The van der Waals surface area contributed by atoms with Crippen LogP contribution in [0.2, 0.25) is 10.3 Å². The van der Waals surface area contributed by atoms with Crippen LogP contribution in [0.4, 0.5) is 5.82 Å². The summed E-state index contributed by atoms with van der Waals surface area (Å²) in [5, 5.41) is 4.02. The molecule has 1 saturated heterocycles. The van der Waals surface area contributed by atoms with Gasteiger partial charge in [-0.25, -0.2) is 4.98 Å². The van der Waals surface area contributed by atoms with E-state index in [0.29, 0.717) is 36.3 Å². The number of ether oxygens (including phenoxy) is 3. The van der Waals surface area contributed by atoms with Crippen LogP contribution in [0, 0.1) is 0 Å². The van der Waals surface area contributed by atoms with Gasteiger partial charge in [-0.05, 0) is 49.9 Å². The lowest BCUT2D eigenvalue weighted by molar-refractivity contribution is -0.132. The number of carbonyl (C=O) groups is 1. The van der Waals surface area contributed by atoms with Gasteiger partial charge in [-0.15, -0.1) is 0 Å². The van der Waals surface area contributed by atoms with Crippen LogP contribution in [-0.4, -0.2) is 53.2 Å². The normalized spacial score (nSPS) is 14.8. The van der Waals surface area contributed by atoms with Crippen molar-refractivity contribution < 1.29 is 19.0 Å². The number of rotatable bonds is 9. The summed E-state index contributed by atoms with van der Waals surface area (Å²) in [5.41, 5.74) is 0.987. The van der Waals surface area contributed by atoms with Crippen LogP contribution < -0.4 is 19.5 Å². The molecule has 0 aliphatic carbocycles. The number of halogens is 2. The lowest BCUT2D eigenvalue weighted by atomic mass is 10.0. The molecule has 2 aromatic rings. The molecule has 1 fully saturated rings. The fourth-order valence-corrected chi connectivity index (χ4v) is 4.01. The molecule has 1 aromatic carbocycles. The molecule has 32 heavy (non-hydrogen) atoms. The highest BCUT2D eigenvalue weighted by molar-refractivity contribution is 6.32. The average Bonchev–Trinajstić information content (AvgIpc) is 2.72. The van der Waals surface area contributed by atoms with Gasteiger partial charge < -0.3 is 19.5 Å². The van der Waals surface area contributed by atoms with Crippen molar-refractivity contribution in [3.05, 3.63) is 34.1 Å². The smallest absolute Gasteiger partial charge is 0.309 e. The van der Waals surface area contributed by atoms with E-state index in [1.54, 1.807) is 6.07 Å². The van der Waals surface area contributed by atoms with E-state index in [9.17, 15) is 4.79 Å². The number of likely N-dealkylation sites (tertiary alicyclic amines) is 1. The van der Waals surface area contributed by atoms with E-state index >= 15 is 0 Å². The molecule has 0 unspecified atom stereocenters. The number of nitrogens with one attached hydrogen (secondary N) is 1. The summed E-state index contributed by atoms with van der Waals surface area (Å²) < 4.78 is 16.4. The molecule has 0 bridgehead atoms. The van der Waals surface area contributed by atoms with Gasteiger partial charge >= 0.3 is 5.97 Å². The first-order chi connectivity index (χ1) is 15.4. The zero-order valence-corrected chi connectivity index (χ0v) is 20.0. The van der Waals surface area contributed by atoms with E-state index in [-0.39, 0.29) is 17.2 Å². The van der Waals surface area contributed by atoms with Gasteiger partial charge in [0, 0.05) is 44.7 Å². The van der Waals surface area contributed by atoms with Crippen LogP contribution >= 0.6 is 23.2 Å². The summed E-state index contributed by atoms with van der Waals surface area (Å²) in [6, 6.07) is 5.62. The van der Waals surface area contributed by atoms with Crippen molar-refractivity contribution in [1.82, 2.24) is 14.9 Å². The molecule has 1 aromatic heterocycles. The van der Waals surface area contributed by atoms with Crippen molar-refractivity contribution in [1.29, 1.82) is 0 Å². The molecule has 10 heteroatoms. The number of piperidine rings is 1. The van der Waals surface area contributed by atoms with E-state index in [4.69, 9.17) is 37.4 Å². The fraction of sp³-hybridized carbons (Fsp3) is 0.500. The highest BCUT2D eigenvalue weighted by Crippen LogP contribution is 2.34. The van der Waals surface area contributed by atoms with Crippen LogP contribution in [0.15, 0.2) is 18.2 Å². The summed E-state index contributed by atoms with van der Waals surface area (Å²) in [6.45, 7) is 8.79. The molecule has 1 aliphatic heterocycles. The lowest BCUT2D eigenvalue weighted by Crippen LogP contribution is -2.38. The van der Waals surface area contributed by atoms with Crippen LogP contribution in [0.1, 0.15) is 39.2 Å². The highest BCUT2D eigenvalue weighted by atomic mass is 35.5. The van der Waals surface area contributed by atoms with Crippen LogP contribution in [0.3, 0.4) is 0 Å². The van der Waals surface area contributed by atoms with E-state index < -0.39 is 5.97 Å². The van der Waals surface area contributed by atoms with E-state index in [1.807, 2.05) is 26.0 Å². The maximum atomic E-state index is 11.2. The number of nitrogens with zero attached hydrogens (tertiary/aromatic N) is 3. The Bertz CT molecular complexity index is 936. The molecule has 1 N–H and O–H groups in total. The molecular formula is C22H28Cl2N4O4. The summed E-state index contributed by atoms with van der Waals surface area (Å²) in [5.74, 6) is 1.62. The number of hydrogen-bond acceptors (Lipinski definition) is 8. The maximum Gasteiger partial charge on any atom is 0.309 e. The second kappa shape index (κ2) is 11.5. The number of anilines is 1. The van der Waals surface area contributed by atoms with Gasteiger partial charge in [0.1, 0.15) is 17.3 Å². The Kier molecular flexibility index (Phi) is 8.78. The molecule has 1 aliphatic rings. The summed E-state index contributed by atoms with van der Waals surface area (Å²) in [7, 11) is 0. The molecule has 0 spiro atoms. The molecule has 2 heterocycles. The Hall–Kier alpha value is -2.29. The summed E-state index contributed by atoms with van der Waals surface area (Å²) >= 11 is 12.6. The lowest BCUT2D eigenvalue weighted by Gasteiger charge is -2.33. The Morgan fingerprint density at radius 1 is 1.12 bits per heavy atom. The molecule has 174 valence electrons. The Morgan fingerprint density at radius 3 is 2.50 bits per heavy atom. The highest BCUT2D eigenvalue weighted by Gasteiger charge is 2.22. The molecule has 0 amide bonds. The van der Waals surface area contributed by atoms with E-state index in [0.717, 1.165) is 37.2 Å². The third-order valence-electron chi connectivity index (χ3n) is 4.96. The Labute approximate surface area is 198 Å². The van der Waals surface area contributed by atoms with Crippen LogP contribution in [0.25, 0.3) is 0 Å². The van der Waals surface area contributed by atoms with Gasteiger partial charge in [0.15, 0.2) is 0 Å². The van der Waals surface area contributed by atoms with Crippen molar-refractivity contribution in [2.24, 2.45) is 0 Å².